The summed E-state index contributed by atoms with van der Waals surface area (Å²) in [6, 6.07) is 4.42. The highest BCUT2D eigenvalue weighted by Gasteiger charge is 2.15. The third kappa shape index (κ3) is 4.56. The van der Waals surface area contributed by atoms with Crippen molar-refractivity contribution in [3.05, 3.63) is 34.6 Å². The van der Waals surface area contributed by atoms with Gasteiger partial charge in [0.1, 0.15) is 12.4 Å². The van der Waals surface area contributed by atoms with Crippen LogP contribution in [0.3, 0.4) is 0 Å². The van der Waals surface area contributed by atoms with E-state index in [0.717, 1.165) is 25.9 Å². The van der Waals surface area contributed by atoms with Crippen LogP contribution >= 0.6 is 11.6 Å². The Kier molecular flexibility index (Phi) is 5.31. The lowest BCUT2D eigenvalue weighted by molar-refractivity contribution is -0.125. The summed E-state index contributed by atoms with van der Waals surface area (Å²) >= 11 is 5.59. The van der Waals surface area contributed by atoms with Gasteiger partial charge in [-0.25, -0.2) is 4.39 Å². The van der Waals surface area contributed by atoms with E-state index in [9.17, 15) is 9.18 Å². The number of hydrogen-bond donors (Lipinski definition) is 1. The second-order valence-electron chi connectivity index (χ2n) is 4.72. The first-order valence-electron chi connectivity index (χ1n) is 6.43. The molecule has 1 aliphatic rings. The second kappa shape index (κ2) is 6.98. The number of Topliss-reactive ketones (excluding diaryl/α,β-unsaturated/α-hetero) is 1. The van der Waals surface area contributed by atoms with Crippen LogP contribution in [0.4, 0.5) is 4.39 Å². The summed E-state index contributed by atoms with van der Waals surface area (Å²) in [5.41, 5.74) is 0.626. The fourth-order valence-electron chi connectivity index (χ4n) is 2.10. The summed E-state index contributed by atoms with van der Waals surface area (Å²) in [7, 11) is 0. The number of benzene rings is 1. The molecule has 0 atom stereocenters. The van der Waals surface area contributed by atoms with Crippen molar-refractivity contribution in [2.45, 2.75) is 25.4 Å². The lowest BCUT2D eigenvalue weighted by Gasteiger charge is -2.22. The predicted molar refractivity (Wildman–Crippen MR) is 72.0 cm³/mol. The Balaban J connectivity index is 1.78. The van der Waals surface area contributed by atoms with Crippen LogP contribution in [0, 0.1) is 5.82 Å². The van der Waals surface area contributed by atoms with E-state index >= 15 is 0 Å². The lowest BCUT2D eigenvalue weighted by atomic mass is 10.1. The van der Waals surface area contributed by atoms with Crippen molar-refractivity contribution in [1.82, 2.24) is 5.32 Å². The van der Waals surface area contributed by atoms with Crippen LogP contribution in [0.1, 0.15) is 18.4 Å². The molecule has 19 heavy (non-hydrogen) atoms. The summed E-state index contributed by atoms with van der Waals surface area (Å²) in [4.78, 5) is 11.8. The molecule has 0 radical (unpaired) electrons. The molecule has 104 valence electrons. The van der Waals surface area contributed by atoms with E-state index in [4.69, 9.17) is 16.3 Å². The third-order valence-corrected chi connectivity index (χ3v) is 3.46. The highest BCUT2D eigenvalue weighted by Crippen LogP contribution is 2.16. The van der Waals surface area contributed by atoms with Crippen molar-refractivity contribution < 1.29 is 13.9 Å². The van der Waals surface area contributed by atoms with Gasteiger partial charge in [0.05, 0.1) is 11.1 Å². The van der Waals surface area contributed by atoms with E-state index in [-0.39, 0.29) is 29.9 Å². The van der Waals surface area contributed by atoms with E-state index < -0.39 is 5.82 Å². The number of piperidine rings is 1. The molecule has 1 N–H and O–H groups in total. The Labute approximate surface area is 117 Å². The molecule has 0 saturated carbocycles. The Morgan fingerprint density at radius 2 is 2.16 bits per heavy atom. The number of halogens is 2. The highest BCUT2D eigenvalue weighted by atomic mass is 35.5. The first-order chi connectivity index (χ1) is 9.15. The van der Waals surface area contributed by atoms with Gasteiger partial charge in [-0.3, -0.25) is 4.79 Å². The van der Waals surface area contributed by atoms with Gasteiger partial charge in [-0.1, -0.05) is 17.7 Å². The fourth-order valence-corrected chi connectivity index (χ4v) is 2.22. The minimum atomic E-state index is -0.494. The van der Waals surface area contributed by atoms with Gasteiger partial charge >= 0.3 is 0 Å². The monoisotopic (exact) mass is 285 g/mol. The van der Waals surface area contributed by atoms with Crippen molar-refractivity contribution in [3.8, 4) is 0 Å². The molecule has 0 aromatic heterocycles. The summed E-state index contributed by atoms with van der Waals surface area (Å²) in [6.07, 6.45) is 2.21. The SMILES string of the molecule is O=C(COC1CCNCC1)Cc1ccc(Cl)c(F)c1. The summed E-state index contributed by atoms with van der Waals surface area (Å²) in [5.74, 6) is -0.536. The van der Waals surface area contributed by atoms with Crippen LogP contribution in [0.2, 0.25) is 5.02 Å². The average Bonchev–Trinajstić information content (AvgIpc) is 2.42. The molecule has 0 amide bonds. The molecule has 0 unspecified atom stereocenters. The third-order valence-electron chi connectivity index (χ3n) is 3.15. The van der Waals surface area contributed by atoms with Gasteiger partial charge in [0.2, 0.25) is 0 Å². The predicted octanol–water partition coefficient (Wildman–Crippen LogP) is 2.36. The van der Waals surface area contributed by atoms with Crippen LogP contribution < -0.4 is 5.32 Å². The highest BCUT2D eigenvalue weighted by molar-refractivity contribution is 6.30. The lowest BCUT2D eigenvalue weighted by Crippen LogP contribution is -2.33. The first kappa shape index (κ1) is 14.4. The minimum Gasteiger partial charge on any atom is -0.370 e. The Morgan fingerprint density at radius 1 is 1.42 bits per heavy atom. The molecule has 1 aliphatic heterocycles. The van der Waals surface area contributed by atoms with Crippen molar-refractivity contribution in [2.75, 3.05) is 19.7 Å². The minimum absolute atomic E-state index is 0.0414. The van der Waals surface area contributed by atoms with E-state index in [1.807, 2.05) is 0 Å². The van der Waals surface area contributed by atoms with Crippen LogP contribution in [-0.4, -0.2) is 31.6 Å². The molecule has 0 aliphatic carbocycles. The van der Waals surface area contributed by atoms with Crippen molar-refractivity contribution in [3.63, 3.8) is 0 Å². The molecule has 1 aromatic carbocycles. The molecule has 0 spiro atoms. The first-order valence-corrected chi connectivity index (χ1v) is 6.81. The second-order valence-corrected chi connectivity index (χ2v) is 5.13. The van der Waals surface area contributed by atoms with Crippen LogP contribution in [0.5, 0.6) is 0 Å². The molecule has 1 fully saturated rings. The number of carbonyl (C=O) groups is 1. The number of carbonyl (C=O) groups excluding carboxylic acids is 1. The topological polar surface area (TPSA) is 38.3 Å². The van der Waals surface area contributed by atoms with Crippen LogP contribution in [0.15, 0.2) is 18.2 Å². The summed E-state index contributed by atoms with van der Waals surface area (Å²) in [6.45, 7) is 1.96. The number of ether oxygens (including phenoxy) is 1. The van der Waals surface area contributed by atoms with Crippen molar-refractivity contribution in [1.29, 1.82) is 0 Å². The van der Waals surface area contributed by atoms with E-state index in [1.165, 1.54) is 12.1 Å². The van der Waals surface area contributed by atoms with Crippen molar-refractivity contribution >= 4 is 17.4 Å². The maximum atomic E-state index is 13.2. The average molecular weight is 286 g/mol. The van der Waals surface area contributed by atoms with Crippen LogP contribution in [0.25, 0.3) is 0 Å². The zero-order chi connectivity index (χ0) is 13.7. The molecular weight excluding hydrogens is 269 g/mol. The molecule has 0 bridgehead atoms. The molecule has 1 saturated heterocycles. The van der Waals surface area contributed by atoms with Gasteiger partial charge in [0.15, 0.2) is 5.78 Å². The van der Waals surface area contributed by atoms with Gasteiger partial charge in [0, 0.05) is 6.42 Å². The zero-order valence-electron chi connectivity index (χ0n) is 10.6. The smallest absolute Gasteiger partial charge is 0.162 e. The Hall–Kier alpha value is -0.970. The molecule has 3 nitrogen and oxygen atoms in total. The summed E-state index contributed by atoms with van der Waals surface area (Å²) < 4.78 is 18.8. The van der Waals surface area contributed by atoms with E-state index in [2.05, 4.69) is 5.32 Å². The molecule has 2 rings (SSSR count). The number of rotatable bonds is 5. The quantitative estimate of drug-likeness (QED) is 0.903. The van der Waals surface area contributed by atoms with Gasteiger partial charge in [-0.15, -0.1) is 0 Å². The maximum Gasteiger partial charge on any atom is 0.162 e. The number of ketones is 1. The summed E-state index contributed by atoms with van der Waals surface area (Å²) in [5, 5.41) is 3.31. The Bertz CT molecular complexity index is 447. The van der Waals surface area contributed by atoms with Gasteiger partial charge in [-0.05, 0) is 43.6 Å². The molecule has 1 aromatic rings. The maximum absolute atomic E-state index is 13.2. The molecule has 5 heteroatoms. The molecule has 1 heterocycles. The number of hydrogen-bond acceptors (Lipinski definition) is 3. The normalized spacial score (nSPS) is 16.5. The largest absolute Gasteiger partial charge is 0.370 e. The standard InChI is InChI=1S/C14H17ClFNO2/c15-13-2-1-10(8-14(13)16)7-11(18)9-19-12-3-5-17-6-4-12/h1-2,8,12,17H,3-7,9H2. The van der Waals surface area contributed by atoms with Gasteiger partial charge in [0.25, 0.3) is 0 Å². The number of nitrogens with one attached hydrogen (secondary N) is 1. The fraction of sp³-hybridized carbons (Fsp3) is 0.500. The van der Waals surface area contributed by atoms with Gasteiger partial charge in [-0.2, -0.15) is 0 Å². The van der Waals surface area contributed by atoms with Gasteiger partial charge < -0.3 is 10.1 Å². The molecular formula is C14H17ClFNO2. The zero-order valence-corrected chi connectivity index (χ0v) is 11.4. The van der Waals surface area contributed by atoms with E-state index in [1.54, 1.807) is 6.07 Å². The Morgan fingerprint density at radius 3 is 2.84 bits per heavy atom. The van der Waals surface area contributed by atoms with E-state index in [0.29, 0.717) is 5.56 Å². The van der Waals surface area contributed by atoms with Crippen molar-refractivity contribution in [2.24, 2.45) is 0 Å². The van der Waals surface area contributed by atoms with Crippen LogP contribution in [-0.2, 0) is 16.0 Å².